The van der Waals surface area contributed by atoms with E-state index in [1.165, 1.54) is 12.8 Å². The van der Waals surface area contributed by atoms with Gasteiger partial charge in [0.1, 0.15) is 17.6 Å². The van der Waals surface area contributed by atoms with Gasteiger partial charge in [-0.2, -0.15) is 4.98 Å². The predicted molar refractivity (Wildman–Crippen MR) is 72.2 cm³/mol. The molecule has 1 aromatic heterocycles. The van der Waals surface area contributed by atoms with E-state index in [1.807, 2.05) is 0 Å². The molecule has 1 saturated carbocycles. The number of likely N-dealkylation sites (N-methyl/N-ethyl adjacent to an activating group) is 1. The standard InChI is InChI=1S/C13H20ClN3O/c1-3-4-12-15-11(14)9-13(16-12)18-8-7-17(2)10-5-6-10/h9-10H,3-8H2,1-2H3. The average molecular weight is 270 g/mol. The maximum atomic E-state index is 5.95. The minimum atomic E-state index is 0.457. The number of ether oxygens (including phenoxy) is 1. The Morgan fingerprint density at radius 3 is 2.89 bits per heavy atom. The van der Waals surface area contributed by atoms with Crippen LogP contribution in [0.2, 0.25) is 5.15 Å². The summed E-state index contributed by atoms with van der Waals surface area (Å²) in [4.78, 5) is 10.8. The number of nitrogens with zero attached hydrogens (tertiary/aromatic N) is 3. The van der Waals surface area contributed by atoms with Crippen LogP contribution < -0.4 is 4.74 Å². The molecule has 4 nitrogen and oxygen atoms in total. The monoisotopic (exact) mass is 269 g/mol. The lowest BCUT2D eigenvalue weighted by atomic mass is 10.3. The molecule has 1 heterocycles. The van der Waals surface area contributed by atoms with Gasteiger partial charge in [-0.1, -0.05) is 18.5 Å². The summed E-state index contributed by atoms with van der Waals surface area (Å²) < 4.78 is 5.65. The molecule has 2 rings (SSSR count). The zero-order valence-electron chi connectivity index (χ0n) is 11.0. The first-order valence-electron chi connectivity index (χ1n) is 6.55. The minimum absolute atomic E-state index is 0.457. The van der Waals surface area contributed by atoms with E-state index >= 15 is 0 Å². The quantitative estimate of drug-likeness (QED) is 0.713. The molecule has 0 bridgehead atoms. The Kier molecular flexibility index (Phi) is 4.78. The summed E-state index contributed by atoms with van der Waals surface area (Å²) in [6, 6.07) is 2.44. The van der Waals surface area contributed by atoms with Gasteiger partial charge in [0, 0.05) is 25.1 Å². The third-order valence-electron chi connectivity index (χ3n) is 3.06. The Bertz CT molecular complexity index is 396. The molecule has 0 N–H and O–H groups in total. The highest BCUT2D eigenvalue weighted by Crippen LogP contribution is 2.24. The first-order chi connectivity index (χ1) is 8.69. The van der Waals surface area contributed by atoms with Crippen molar-refractivity contribution in [3.05, 3.63) is 17.0 Å². The van der Waals surface area contributed by atoms with E-state index < -0.39 is 0 Å². The van der Waals surface area contributed by atoms with Crippen molar-refractivity contribution in [3.8, 4) is 5.88 Å². The summed E-state index contributed by atoms with van der Waals surface area (Å²) in [6.45, 7) is 3.66. The molecule has 1 fully saturated rings. The molecule has 18 heavy (non-hydrogen) atoms. The van der Waals surface area contributed by atoms with Crippen LogP contribution in [0.4, 0.5) is 0 Å². The van der Waals surface area contributed by atoms with Gasteiger partial charge in [0.05, 0.1) is 0 Å². The Labute approximate surface area is 113 Å². The SMILES string of the molecule is CCCc1nc(Cl)cc(OCCN(C)C2CC2)n1. The van der Waals surface area contributed by atoms with E-state index in [4.69, 9.17) is 16.3 Å². The van der Waals surface area contributed by atoms with Gasteiger partial charge < -0.3 is 9.64 Å². The number of aromatic nitrogens is 2. The second-order valence-corrected chi connectivity index (χ2v) is 5.14. The third-order valence-corrected chi connectivity index (χ3v) is 3.25. The number of hydrogen-bond donors (Lipinski definition) is 0. The van der Waals surface area contributed by atoms with E-state index in [0.29, 0.717) is 17.6 Å². The molecule has 0 aromatic carbocycles. The van der Waals surface area contributed by atoms with Crippen LogP contribution in [-0.2, 0) is 6.42 Å². The van der Waals surface area contributed by atoms with Gasteiger partial charge in [-0.15, -0.1) is 0 Å². The lowest BCUT2D eigenvalue weighted by molar-refractivity contribution is 0.226. The molecule has 0 atom stereocenters. The number of halogens is 1. The Morgan fingerprint density at radius 1 is 1.44 bits per heavy atom. The summed E-state index contributed by atoms with van der Waals surface area (Å²) in [7, 11) is 2.14. The Balaban J connectivity index is 1.83. The van der Waals surface area contributed by atoms with E-state index in [-0.39, 0.29) is 0 Å². The van der Waals surface area contributed by atoms with Crippen molar-refractivity contribution < 1.29 is 4.74 Å². The highest BCUT2D eigenvalue weighted by atomic mass is 35.5. The zero-order chi connectivity index (χ0) is 13.0. The van der Waals surface area contributed by atoms with Gasteiger partial charge in [-0.3, -0.25) is 0 Å². The molecule has 1 aliphatic rings. The summed E-state index contributed by atoms with van der Waals surface area (Å²) in [5.74, 6) is 1.35. The number of aryl methyl sites for hydroxylation is 1. The molecular weight excluding hydrogens is 250 g/mol. The van der Waals surface area contributed by atoms with Crippen molar-refractivity contribution >= 4 is 11.6 Å². The van der Waals surface area contributed by atoms with Crippen molar-refractivity contribution in [1.29, 1.82) is 0 Å². The van der Waals surface area contributed by atoms with Crippen molar-refractivity contribution in [3.63, 3.8) is 0 Å². The normalized spacial score (nSPS) is 15.1. The molecule has 100 valence electrons. The van der Waals surface area contributed by atoms with E-state index in [9.17, 15) is 0 Å². The minimum Gasteiger partial charge on any atom is -0.476 e. The maximum absolute atomic E-state index is 5.95. The first-order valence-corrected chi connectivity index (χ1v) is 6.93. The van der Waals surface area contributed by atoms with Crippen LogP contribution in [-0.4, -0.2) is 41.1 Å². The van der Waals surface area contributed by atoms with Crippen LogP contribution in [0.3, 0.4) is 0 Å². The molecule has 0 radical (unpaired) electrons. The molecule has 1 aromatic rings. The van der Waals surface area contributed by atoms with Gasteiger partial charge in [0.15, 0.2) is 0 Å². The van der Waals surface area contributed by atoms with Gasteiger partial charge >= 0.3 is 0 Å². The Hall–Kier alpha value is -0.870. The van der Waals surface area contributed by atoms with Gasteiger partial charge in [0.25, 0.3) is 0 Å². The van der Waals surface area contributed by atoms with Gasteiger partial charge in [-0.05, 0) is 26.3 Å². The van der Waals surface area contributed by atoms with Crippen LogP contribution in [0.1, 0.15) is 32.0 Å². The van der Waals surface area contributed by atoms with Crippen LogP contribution in [0.25, 0.3) is 0 Å². The van der Waals surface area contributed by atoms with E-state index in [2.05, 4.69) is 28.8 Å². The van der Waals surface area contributed by atoms with Gasteiger partial charge in [0.2, 0.25) is 5.88 Å². The highest BCUT2D eigenvalue weighted by molar-refractivity contribution is 6.29. The summed E-state index contributed by atoms with van der Waals surface area (Å²) in [5, 5.41) is 0.457. The second kappa shape index (κ2) is 6.34. The van der Waals surface area contributed by atoms with E-state index in [0.717, 1.165) is 31.3 Å². The van der Waals surface area contributed by atoms with Crippen molar-refractivity contribution in [2.24, 2.45) is 0 Å². The predicted octanol–water partition coefficient (Wildman–Crippen LogP) is 2.56. The number of rotatable bonds is 7. The average Bonchev–Trinajstić information content (AvgIpc) is 3.12. The molecule has 0 spiro atoms. The fourth-order valence-corrected chi connectivity index (χ4v) is 2.03. The summed E-state index contributed by atoms with van der Waals surface area (Å²) >= 11 is 5.95. The molecule has 0 unspecified atom stereocenters. The zero-order valence-corrected chi connectivity index (χ0v) is 11.8. The Morgan fingerprint density at radius 2 is 2.22 bits per heavy atom. The molecule has 5 heteroatoms. The van der Waals surface area contributed by atoms with Crippen LogP contribution in [0.5, 0.6) is 5.88 Å². The summed E-state index contributed by atoms with van der Waals surface area (Å²) in [5.41, 5.74) is 0. The fourth-order valence-electron chi connectivity index (χ4n) is 1.84. The third kappa shape index (κ3) is 4.10. The highest BCUT2D eigenvalue weighted by Gasteiger charge is 2.25. The maximum Gasteiger partial charge on any atom is 0.218 e. The van der Waals surface area contributed by atoms with Crippen molar-refractivity contribution in [2.45, 2.75) is 38.6 Å². The molecule has 1 aliphatic carbocycles. The van der Waals surface area contributed by atoms with Crippen LogP contribution in [0.15, 0.2) is 6.07 Å². The lowest BCUT2D eigenvalue weighted by Gasteiger charge is -2.15. The van der Waals surface area contributed by atoms with Crippen molar-refractivity contribution in [2.75, 3.05) is 20.2 Å². The second-order valence-electron chi connectivity index (χ2n) is 4.76. The largest absolute Gasteiger partial charge is 0.476 e. The molecular formula is C13H20ClN3O. The van der Waals surface area contributed by atoms with Gasteiger partial charge in [-0.25, -0.2) is 4.98 Å². The van der Waals surface area contributed by atoms with Crippen LogP contribution >= 0.6 is 11.6 Å². The number of hydrogen-bond acceptors (Lipinski definition) is 4. The smallest absolute Gasteiger partial charge is 0.218 e. The van der Waals surface area contributed by atoms with Crippen molar-refractivity contribution in [1.82, 2.24) is 14.9 Å². The first kappa shape index (κ1) is 13.6. The molecule has 0 saturated heterocycles. The van der Waals surface area contributed by atoms with Crippen LogP contribution in [0, 0.1) is 0 Å². The fraction of sp³-hybridized carbons (Fsp3) is 0.692. The molecule has 0 amide bonds. The lowest BCUT2D eigenvalue weighted by Crippen LogP contribution is -2.26. The topological polar surface area (TPSA) is 38.2 Å². The molecule has 0 aliphatic heterocycles. The van der Waals surface area contributed by atoms with E-state index in [1.54, 1.807) is 6.07 Å². The summed E-state index contributed by atoms with van der Waals surface area (Å²) in [6.07, 6.45) is 4.47.